The van der Waals surface area contributed by atoms with Crippen molar-refractivity contribution < 1.29 is 4.79 Å². The van der Waals surface area contributed by atoms with Gasteiger partial charge in [0.25, 0.3) is 0 Å². The van der Waals surface area contributed by atoms with Crippen molar-refractivity contribution >= 4 is 11.7 Å². The maximum absolute atomic E-state index is 10.5. The van der Waals surface area contributed by atoms with Crippen LogP contribution < -0.4 is 11.1 Å². The fourth-order valence-electron chi connectivity index (χ4n) is 0.951. The first-order chi connectivity index (χ1) is 5.59. The molecule has 1 aromatic rings. The molecule has 0 aliphatic rings. The molecule has 64 valence electrons. The standard InChI is InChI=1S/C8H11N3O/c1-5-3-4-7(6(2)10-5)11-8(9)12/h3-4H,1-2H3,(H3,9,11,12). The van der Waals surface area contributed by atoms with Crippen LogP contribution >= 0.6 is 0 Å². The first-order valence-corrected chi connectivity index (χ1v) is 3.60. The third kappa shape index (κ3) is 1.95. The molecule has 0 aromatic carbocycles. The Labute approximate surface area is 70.8 Å². The van der Waals surface area contributed by atoms with Gasteiger partial charge in [-0.25, -0.2) is 4.79 Å². The molecule has 0 atom stereocenters. The van der Waals surface area contributed by atoms with Gasteiger partial charge in [0, 0.05) is 5.69 Å². The summed E-state index contributed by atoms with van der Waals surface area (Å²) in [4.78, 5) is 14.6. The summed E-state index contributed by atoms with van der Waals surface area (Å²) >= 11 is 0. The van der Waals surface area contributed by atoms with E-state index in [0.717, 1.165) is 11.4 Å². The van der Waals surface area contributed by atoms with Crippen molar-refractivity contribution in [3.05, 3.63) is 23.5 Å². The highest BCUT2D eigenvalue weighted by Crippen LogP contribution is 2.11. The van der Waals surface area contributed by atoms with Gasteiger partial charge in [-0.2, -0.15) is 0 Å². The van der Waals surface area contributed by atoms with Gasteiger partial charge in [-0.1, -0.05) is 0 Å². The molecule has 0 spiro atoms. The summed E-state index contributed by atoms with van der Waals surface area (Å²) in [6.07, 6.45) is 0. The first kappa shape index (κ1) is 8.52. The fraction of sp³-hybridized carbons (Fsp3) is 0.250. The highest BCUT2D eigenvalue weighted by Gasteiger charge is 2.00. The summed E-state index contributed by atoms with van der Waals surface area (Å²) in [7, 11) is 0. The van der Waals surface area contributed by atoms with Gasteiger partial charge in [-0.3, -0.25) is 4.98 Å². The van der Waals surface area contributed by atoms with Gasteiger partial charge in [-0.05, 0) is 26.0 Å². The Hall–Kier alpha value is -1.58. The van der Waals surface area contributed by atoms with Crippen LogP contribution in [0.2, 0.25) is 0 Å². The normalized spacial score (nSPS) is 9.50. The quantitative estimate of drug-likeness (QED) is 0.656. The monoisotopic (exact) mass is 165 g/mol. The van der Waals surface area contributed by atoms with E-state index in [2.05, 4.69) is 10.3 Å². The lowest BCUT2D eigenvalue weighted by Gasteiger charge is -2.04. The first-order valence-electron chi connectivity index (χ1n) is 3.60. The van der Waals surface area contributed by atoms with Crippen LogP contribution in [0.25, 0.3) is 0 Å². The molecule has 0 bridgehead atoms. The van der Waals surface area contributed by atoms with E-state index in [-0.39, 0.29) is 0 Å². The molecule has 0 saturated heterocycles. The molecule has 1 aromatic heterocycles. The number of carbonyl (C=O) groups excluding carboxylic acids is 1. The number of primary amides is 1. The zero-order valence-corrected chi connectivity index (χ0v) is 7.09. The number of anilines is 1. The van der Waals surface area contributed by atoms with E-state index in [4.69, 9.17) is 5.73 Å². The van der Waals surface area contributed by atoms with Crippen LogP contribution in [0.3, 0.4) is 0 Å². The Morgan fingerprint density at radius 3 is 2.67 bits per heavy atom. The smallest absolute Gasteiger partial charge is 0.316 e. The molecule has 0 saturated carbocycles. The second kappa shape index (κ2) is 3.21. The van der Waals surface area contributed by atoms with Crippen molar-refractivity contribution in [2.45, 2.75) is 13.8 Å². The second-order valence-corrected chi connectivity index (χ2v) is 2.57. The van der Waals surface area contributed by atoms with E-state index in [9.17, 15) is 4.79 Å². The van der Waals surface area contributed by atoms with Gasteiger partial charge in [0.1, 0.15) is 0 Å². The Balaban J connectivity index is 2.93. The van der Waals surface area contributed by atoms with Crippen LogP contribution in [-0.2, 0) is 0 Å². The minimum Gasteiger partial charge on any atom is -0.351 e. The summed E-state index contributed by atoms with van der Waals surface area (Å²) in [5.74, 6) is 0. The molecule has 3 N–H and O–H groups in total. The van der Waals surface area contributed by atoms with Crippen LogP contribution in [0.4, 0.5) is 10.5 Å². The molecule has 4 nitrogen and oxygen atoms in total. The largest absolute Gasteiger partial charge is 0.351 e. The van der Waals surface area contributed by atoms with Crippen molar-refractivity contribution in [2.75, 3.05) is 5.32 Å². The van der Waals surface area contributed by atoms with Crippen LogP contribution in [0.1, 0.15) is 11.4 Å². The van der Waals surface area contributed by atoms with Crippen LogP contribution in [-0.4, -0.2) is 11.0 Å². The van der Waals surface area contributed by atoms with Crippen LogP contribution in [0.15, 0.2) is 12.1 Å². The van der Waals surface area contributed by atoms with Gasteiger partial charge < -0.3 is 11.1 Å². The maximum atomic E-state index is 10.5. The summed E-state index contributed by atoms with van der Waals surface area (Å²) in [6, 6.07) is 3.03. The summed E-state index contributed by atoms with van der Waals surface area (Å²) in [5.41, 5.74) is 7.30. The maximum Gasteiger partial charge on any atom is 0.316 e. The second-order valence-electron chi connectivity index (χ2n) is 2.57. The molecule has 0 aliphatic carbocycles. The zero-order chi connectivity index (χ0) is 9.14. The Morgan fingerprint density at radius 1 is 1.50 bits per heavy atom. The van der Waals surface area contributed by atoms with Crippen molar-refractivity contribution in [3.63, 3.8) is 0 Å². The number of hydrogen-bond donors (Lipinski definition) is 2. The molecule has 0 unspecified atom stereocenters. The predicted octanol–water partition coefficient (Wildman–Crippen LogP) is 1.19. The summed E-state index contributed by atoms with van der Waals surface area (Å²) in [6.45, 7) is 3.71. The van der Waals surface area contributed by atoms with E-state index in [1.54, 1.807) is 6.07 Å². The molecule has 0 radical (unpaired) electrons. The molecule has 0 aliphatic heterocycles. The van der Waals surface area contributed by atoms with E-state index >= 15 is 0 Å². The molecule has 1 heterocycles. The van der Waals surface area contributed by atoms with E-state index in [1.807, 2.05) is 19.9 Å². The SMILES string of the molecule is Cc1ccc(NC(N)=O)c(C)n1. The van der Waals surface area contributed by atoms with Crippen LogP contribution in [0, 0.1) is 13.8 Å². The third-order valence-corrected chi connectivity index (χ3v) is 1.48. The van der Waals surface area contributed by atoms with E-state index in [1.165, 1.54) is 0 Å². The lowest BCUT2D eigenvalue weighted by atomic mass is 10.3. The Kier molecular flexibility index (Phi) is 2.28. The van der Waals surface area contributed by atoms with Crippen molar-refractivity contribution in [2.24, 2.45) is 5.73 Å². The predicted molar refractivity (Wildman–Crippen MR) is 46.9 cm³/mol. The number of nitrogens with one attached hydrogen (secondary N) is 1. The lowest BCUT2D eigenvalue weighted by Crippen LogP contribution is -2.20. The number of aromatic nitrogens is 1. The number of rotatable bonds is 1. The zero-order valence-electron chi connectivity index (χ0n) is 7.09. The average molecular weight is 165 g/mol. The molecule has 4 heteroatoms. The molecule has 1 rings (SSSR count). The van der Waals surface area contributed by atoms with E-state index in [0.29, 0.717) is 5.69 Å². The molecule has 12 heavy (non-hydrogen) atoms. The minimum atomic E-state index is -0.566. The Morgan fingerprint density at radius 2 is 2.17 bits per heavy atom. The topological polar surface area (TPSA) is 68.0 Å². The third-order valence-electron chi connectivity index (χ3n) is 1.48. The number of carbonyl (C=O) groups is 1. The van der Waals surface area contributed by atoms with Gasteiger partial charge >= 0.3 is 6.03 Å². The molecule has 0 fully saturated rings. The van der Waals surface area contributed by atoms with Crippen LogP contribution in [0.5, 0.6) is 0 Å². The fourth-order valence-corrected chi connectivity index (χ4v) is 0.951. The number of aryl methyl sites for hydroxylation is 2. The summed E-state index contributed by atoms with van der Waals surface area (Å²) in [5, 5.41) is 2.48. The molecular formula is C8H11N3O. The van der Waals surface area contributed by atoms with Gasteiger partial charge in [0.05, 0.1) is 11.4 Å². The number of urea groups is 1. The van der Waals surface area contributed by atoms with Crippen molar-refractivity contribution in [1.29, 1.82) is 0 Å². The molecule has 2 amide bonds. The van der Waals surface area contributed by atoms with Crippen molar-refractivity contribution in [3.8, 4) is 0 Å². The highest BCUT2D eigenvalue weighted by molar-refractivity contribution is 5.88. The van der Waals surface area contributed by atoms with Gasteiger partial charge in [0.15, 0.2) is 0 Å². The number of nitrogens with two attached hydrogens (primary N) is 1. The number of amides is 2. The number of nitrogens with zero attached hydrogens (tertiary/aromatic N) is 1. The van der Waals surface area contributed by atoms with Crippen molar-refractivity contribution in [1.82, 2.24) is 4.98 Å². The summed E-state index contributed by atoms with van der Waals surface area (Å²) < 4.78 is 0. The Bertz CT molecular complexity index is 309. The highest BCUT2D eigenvalue weighted by atomic mass is 16.2. The van der Waals surface area contributed by atoms with Gasteiger partial charge in [-0.15, -0.1) is 0 Å². The number of hydrogen-bond acceptors (Lipinski definition) is 2. The minimum absolute atomic E-state index is 0.566. The number of pyridine rings is 1. The van der Waals surface area contributed by atoms with Gasteiger partial charge in [0.2, 0.25) is 0 Å². The van der Waals surface area contributed by atoms with E-state index < -0.39 is 6.03 Å². The average Bonchev–Trinajstić information content (AvgIpc) is 1.94. The lowest BCUT2D eigenvalue weighted by molar-refractivity contribution is 0.259. The molecular weight excluding hydrogens is 154 g/mol.